The molecule has 0 heterocycles. The van der Waals surface area contributed by atoms with E-state index in [0.717, 1.165) is 11.3 Å². The van der Waals surface area contributed by atoms with Gasteiger partial charge in [0.15, 0.2) is 5.78 Å². The minimum Gasteiger partial charge on any atom is -0.484 e. The Bertz CT molecular complexity index is 473. The molecule has 0 bridgehead atoms. The summed E-state index contributed by atoms with van der Waals surface area (Å²) in [4.78, 5) is 12.8. The van der Waals surface area contributed by atoms with Gasteiger partial charge in [-0.25, -0.2) is 0 Å². The molecule has 1 aromatic rings. The van der Waals surface area contributed by atoms with Crippen LogP contribution in [0, 0.1) is 18.3 Å². The van der Waals surface area contributed by atoms with Gasteiger partial charge in [-0.2, -0.15) is 5.26 Å². The van der Waals surface area contributed by atoms with Crippen LogP contribution in [0.5, 0.6) is 5.75 Å². The standard InChI is InChI=1S/C13H16N2O2/c1-9-5-12(15(3)4)6-11(7-14)13(9)17-8-10(2)16/h5-6H,8H2,1-4H3. The molecule has 17 heavy (non-hydrogen) atoms. The quantitative estimate of drug-likeness (QED) is 0.795. The van der Waals surface area contributed by atoms with E-state index in [0.29, 0.717) is 11.3 Å². The molecular weight excluding hydrogens is 216 g/mol. The van der Waals surface area contributed by atoms with Gasteiger partial charge < -0.3 is 9.64 Å². The summed E-state index contributed by atoms with van der Waals surface area (Å²) in [6.07, 6.45) is 0. The Balaban J connectivity index is 3.13. The molecule has 1 rings (SSSR count). The largest absolute Gasteiger partial charge is 0.484 e. The van der Waals surface area contributed by atoms with Gasteiger partial charge in [0.1, 0.15) is 18.4 Å². The number of benzene rings is 1. The van der Waals surface area contributed by atoms with E-state index in [-0.39, 0.29) is 12.4 Å². The number of carbonyl (C=O) groups is 1. The van der Waals surface area contributed by atoms with E-state index in [1.54, 1.807) is 6.07 Å². The molecule has 90 valence electrons. The molecule has 0 aliphatic rings. The second-order valence-electron chi connectivity index (χ2n) is 4.14. The molecule has 0 spiro atoms. The molecule has 0 aromatic heterocycles. The van der Waals surface area contributed by atoms with Gasteiger partial charge >= 0.3 is 0 Å². The summed E-state index contributed by atoms with van der Waals surface area (Å²) in [5, 5.41) is 9.08. The number of hydrogen-bond acceptors (Lipinski definition) is 4. The summed E-state index contributed by atoms with van der Waals surface area (Å²) >= 11 is 0. The van der Waals surface area contributed by atoms with Crippen LogP contribution in [0.1, 0.15) is 18.1 Å². The second kappa shape index (κ2) is 5.35. The van der Waals surface area contributed by atoms with Crippen molar-refractivity contribution in [3.8, 4) is 11.8 Å². The van der Waals surface area contributed by atoms with Crippen molar-refractivity contribution in [2.24, 2.45) is 0 Å². The highest BCUT2D eigenvalue weighted by atomic mass is 16.5. The number of aryl methyl sites for hydroxylation is 1. The fraction of sp³-hybridized carbons (Fsp3) is 0.385. The van der Waals surface area contributed by atoms with E-state index < -0.39 is 0 Å². The maximum absolute atomic E-state index is 10.9. The van der Waals surface area contributed by atoms with E-state index in [4.69, 9.17) is 10.00 Å². The lowest BCUT2D eigenvalue weighted by Crippen LogP contribution is -2.11. The number of ketones is 1. The molecule has 0 fully saturated rings. The Hall–Kier alpha value is -2.02. The van der Waals surface area contributed by atoms with Crippen LogP contribution >= 0.6 is 0 Å². The predicted molar refractivity (Wildman–Crippen MR) is 66.4 cm³/mol. The lowest BCUT2D eigenvalue weighted by molar-refractivity contribution is -0.118. The molecule has 0 atom stereocenters. The molecule has 0 amide bonds. The fourth-order valence-electron chi connectivity index (χ4n) is 1.46. The van der Waals surface area contributed by atoms with Gasteiger partial charge in [-0.1, -0.05) is 0 Å². The maximum Gasteiger partial charge on any atom is 0.167 e. The zero-order valence-electron chi connectivity index (χ0n) is 10.6. The normalized spacial score (nSPS) is 9.59. The van der Waals surface area contributed by atoms with Gasteiger partial charge in [0.2, 0.25) is 0 Å². The monoisotopic (exact) mass is 232 g/mol. The Morgan fingerprint density at radius 2 is 2.12 bits per heavy atom. The van der Waals surface area contributed by atoms with E-state index in [9.17, 15) is 4.79 Å². The van der Waals surface area contributed by atoms with Crippen molar-refractivity contribution in [1.82, 2.24) is 0 Å². The summed E-state index contributed by atoms with van der Waals surface area (Å²) in [6, 6.07) is 5.77. The van der Waals surface area contributed by atoms with Crippen LogP contribution in [-0.2, 0) is 4.79 Å². The van der Waals surface area contributed by atoms with Crippen LogP contribution in [0.15, 0.2) is 12.1 Å². The number of nitriles is 1. The predicted octanol–water partition coefficient (Wildman–Crippen LogP) is 1.90. The summed E-state index contributed by atoms with van der Waals surface area (Å²) in [6.45, 7) is 3.32. The number of ether oxygens (including phenoxy) is 1. The summed E-state index contributed by atoms with van der Waals surface area (Å²) in [7, 11) is 3.82. The lowest BCUT2D eigenvalue weighted by atomic mass is 10.1. The average Bonchev–Trinajstić information content (AvgIpc) is 2.25. The van der Waals surface area contributed by atoms with Crippen LogP contribution < -0.4 is 9.64 Å². The van der Waals surface area contributed by atoms with Crippen LogP contribution in [0.3, 0.4) is 0 Å². The van der Waals surface area contributed by atoms with Crippen LogP contribution in [-0.4, -0.2) is 26.5 Å². The average molecular weight is 232 g/mol. The number of nitrogens with zero attached hydrogens (tertiary/aromatic N) is 2. The fourth-order valence-corrected chi connectivity index (χ4v) is 1.46. The third kappa shape index (κ3) is 3.22. The minimum absolute atomic E-state index is 0.00314. The van der Waals surface area contributed by atoms with E-state index in [1.807, 2.05) is 32.0 Å². The number of rotatable bonds is 4. The van der Waals surface area contributed by atoms with Gasteiger partial charge in [0, 0.05) is 19.8 Å². The Kier molecular flexibility index (Phi) is 4.11. The molecule has 1 aromatic carbocycles. The maximum atomic E-state index is 10.9. The first-order valence-corrected chi connectivity index (χ1v) is 5.30. The van der Waals surface area contributed by atoms with Crippen LogP contribution in [0.2, 0.25) is 0 Å². The molecule has 0 aliphatic carbocycles. The van der Waals surface area contributed by atoms with E-state index in [2.05, 4.69) is 6.07 Å². The molecule has 0 unspecified atom stereocenters. The zero-order valence-corrected chi connectivity index (χ0v) is 10.6. The highest BCUT2D eigenvalue weighted by Crippen LogP contribution is 2.28. The van der Waals surface area contributed by atoms with Crippen molar-refractivity contribution >= 4 is 11.5 Å². The molecular formula is C13H16N2O2. The second-order valence-corrected chi connectivity index (χ2v) is 4.14. The molecule has 0 N–H and O–H groups in total. The lowest BCUT2D eigenvalue weighted by Gasteiger charge is -2.16. The van der Waals surface area contributed by atoms with Gasteiger partial charge in [-0.3, -0.25) is 4.79 Å². The third-order valence-electron chi connectivity index (χ3n) is 2.32. The summed E-state index contributed by atoms with van der Waals surface area (Å²) < 4.78 is 5.36. The van der Waals surface area contributed by atoms with Crippen molar-refractivity contribution in [2.45, 2.75) is 13.8 Å². The van der Waals surface area contributed by atoms with E-state index in [1.165, 1.54) is 6.92 Å². The van der Waals surface area contributed by atoms with Crippen LogP contribution in [0.4, 0.5) is 5.69 Å². The van der Waals surface area contributed by atoms with Gasteiger partial charge in [-0.15, -0.1) is 0 Å². The van der Waals surface area contributed by atoms with Crippen molar-refractivity contribution < 1.29 is 9.53 Å². The number of hydrogen-bond donors (Lipinski definition) is 0. The Labute approximate surface area is 101 Å². The van der Waals surface area contributed by atoms with Crippen molar-refractivity contribution in [3.63, 3.8) is 0 Å². The highest BCUT2D eigenvalue weighted by molar-refractivity contribution is 5.77. The van der Waals surface area contributed by atoms with Gasteiger partial charge in [0.25, 0.3) is 0 Å². The van der Waals surface area contributed by atoms with Crippen LogP contribution in [0.25, 0.3) is 0 Å². The number of carbonyl (C=O) groups excluding carboxylic acids is 1. The molecule has 0 radical (unpaired) electrons. The van der Waals surface area contributed by atoms with Gasteiger partial charge in [0.05, 0.1) is 5.56 Å². The third-order valence-corrected chi connectivity index (χ3v) is 2.32. The molecule has 0 saturated carbocycles. The Morgan fingerprint density at radius 3 is 2.59 bits per heavy atom. The number of Topliss-reactive ketones (excluding diaryl/α,β-unsaturated/α-hetero) is 1. The Morgan fingerprint density at radius 1 is 1.47 bits per heavy atom. The van der Waals surface area contributed by atoms with Crippen molar-refractivity contribution in [2.75, 3.05) is 25.6 Å². The summed E-state index contributed by atoms with van der Waals surface area (Å²) in [5.41, 5.74) is 2.25. The molecule has 0 aliphatic heterocycles. The topological polar surface area (TPSA) is 53.3 Å². The SMILES string of the molecule is CC(=O)COc1c(C)cc(N(C)C)cc1C#N. The zero-order chi connectivity index (χ0) is 13.0. The van der Waals surface area contributed by atoms with Crippen molar-refractivity contribution in [3.05, 3.63) is 23.3 Å². The minimum atomic E-state index is -0.0648. The van der Waals surface area contributed by atoms with E-state index >= 15 is 0 Å². The highest BCUT2D eigenvalue weighted by Gasteiger charge is 2.11. The van der Waals surface area contributed by atoms with Gasteiger partial charge in [-0.05, 0) is 31.5 Å². The first-order valence-electron chi connectivity index (χ1n) is 5.30. The molecule has 4 nitrogen and oxygen atoms in total. The van der Waals surface area contributed by atoms with Crippen molar-refractivity contribution in [1.29, 1.82) is 5.26 Å². The number of anilines is 1. The summed E-state index contributed by atoms with van der Waals surface area (Å²) in [5.74, 6) is 0.429. The molecule has 0 saturated heterocycles. The first kappa shape index (κ1) is 13.0. The smallest absolute Gasteiger partial charge is 0.167 e. The molecule has 4 heteroatoms. The first-order chi connectivity index (χ1) is 7.95.